The third kappa shape index (κ3) is 10.4. The van der Waals surface area contributed by atoms with E-state index in [4.69, 9.17) is 32.7 Å². The zero-order valence-electron chi connectivity index (χ0n) is 35.1. The maximum atomic E-state index is 15.7. The van der Waals surface area contributed by atoms with Crippen LogP contribution in [0.2, 0.25) is 10.0 Å². The van der Waals surface area contributed by atoms with Crippen molar-refractivity contribution in [1.29, 1.82) is 0 Å². The number of ether oxygens (including phenoxy) is 2. The molecule has 0 radical (unpaired) electrons. The summed E-state index contributed by atoms with van der Waals surface area (Å²) < 4.78 is 12.0. The lowest BCUT2D eigenvalue weighted by Gasteiger charge is -2.45. The number of nitrogens with zero attached hydrogens (tertiary/aromatic N) is 3. The number of carbonyl (C=O) groups excluding carboxylic acids is 1. The van der Waals surface area contributed by atoms with Gasteiger partial charge in [-0.05, 0) is 122 Å². The van der Waals surface area contributed by atoms with Crippen molar-refractivity contribution in [1.82, 2.24) is 14.7 Å². The minimum absolute atomic E-state index is 0.108. The smallest absolute Gasteiger partial charge is 0.252 e. The third-order valence-corrected chi connectivity index (χ3v) is 12.6. The molecule has 0 bridgehead atoms. The van der Waals surface area contributed by atoms with Gasteiger partial charge in [-0.3, -0.25) is 14.6 Å². The van der Waals surface area contributed by atoms with Gasteiger partial charge in [0.15, 0.2) is 5.75 Å². The van der Waals surface area contributed by atoms with Crippen LogP contribution in [-0.4, -0.2) is 65.5 Å². The number of hydrogen-bond donors (Lipinski definition) is 0. The molecule has 0 unspecified atom stereocenters. The van der Waals surface area contributed by atoms with Crippen LogP contribution in [0, 0.1) is 20.8 Å². The highest BCUT2D eigenvalue weighted by Crippen LogP contribution is 2.41. The summed E-state index contributed by atoms with van der Waals surface area (Å²) in [6.45, 7) is 15.3. The van der Waals surface area contributed by atoms with E-state index in [9.17, 15) is 0 Å². The molecule has 5 aromatic rings. The zero-order valence-corrected chi connectivity index (χ0v) is 36.6. The lowest BCUT2D eigenvalue weighted by atomic mass is 9.85. The minimum Gasteiger partial charge on any atom is -0.490 e. The second kappa shape index (κ2) is 19.6. The lowest BCUT2D eigenvalue weighted by Crippen LogP contribution is -2.52. The van der Waals surface area contributed by atoms with Gasteiger partial charge in [0.2, 0.25) is 0 Å². The molecule has 8 heteroatoms. The van der Waals surface area contributed by atoms with Gasteiger partial charge in [-0.15, -0.1) is 0 Å². The van der Waals surface area contributed by atoms with Gasteiger partial charge in [-0.2, -0.15) is 0 Å². The summed E-state index contributed by atoms with van der Waals surface area (Å²) in [6, 6.07) is 40.0. The lowest BCUT2D eigenvalue weighted by molar-refractivity contribution is -0.129. The van der Waals surface area contributed by atoms with Crippen molar-refractivity contribution in [3.63, 3.8) is 0 Å². The molecule has 2 aliphatic rings. The molecule has 7 rings (SSSR count). The number of aryl methyl sites for hydroxylation is 2. The van der Waals surface area contributed by atoms with E-state index in [0.717, 1.165) is 73.5 Å². The van der Waals surface area contributed by atoms with Gasteiger partial charge in [0, 0.05) is 43.8 Å². The van der Waals surface area contributed by atoms with Crippen LogP contribution in [-0.2, 0) is 17.9 Å². The number of hydrogen-bond acceptors (Lipinski definition) is 5. The predicted molar refractivity (Wildman–Crippen MR) is 242 cm³/mol. The molecule has 2 atom stereocenters. The summed E-state index contributed by atoms with van der Waals surface area (Å²) in [4.78, 5) is 23.0. The van der Waals surface area contributed by atoms with Crippen LogP contribution in [0.25, 0.3) is 5.57 Å². The Labute approximate surface area is 361 Å². The van der Waals surface area contributed by atoms with Gasteiger partial charge in [-0.25, -0.2) is 0 Å². The quantitative estimate of drug-likeness (QED) is 0.0874. The first-order chi connectivity index (χ1) is 28.6. The number of amides is 1. The molecular formula is C51H57Cl2N3O3. The number of carbonyl (C=O) groups is 1. The molecule has 1 fully saturated rings. The van der Waals surface area contributed by atoms with Crippen molar-refractivity contribution >= 4 is 34.7 Å². The van der Waals surface area contributed by atoms with Crippen molar-refractivity contribution in [2.45, 2.75) is 85.1 Å². The monoisotopic (exact) mass is 829 g/mol. The first-order valence-electron chi connectivity index (χ1n) is 21.1. The summed E-state index contributed by atoms with van der Waals surface area (Å²) in [7, 11) is 0. The molecule has 0 aromatic heterocycles. The Hall–Kier alpha value is -4.59. The molecule has 6 nitrogen and oxygen atoms in total. The van der Waals surface area contributed by atoms with Crippen LogP contribution in [0.1, 0.15) is 78.1 Å². The zero-order chi connectivity index (χ0) is 41.5. The first kappa shape index (κ1) is 42.5. The van der Waals surface area contributed by atoms with E-state index in [0.29, 0.717) is 35.6 Å². The molecule has 1 heterocycles. The van der Waals surface area contributed by atoms with E-state index in [2.05, 4.69) is 133 Å². The topological polar surface area (TPSA) is 45.3 Å². The first-order valence-corrected chi connectivity index (χ1v) is 21.8. The van der Waals surface area contributed by atoms with Gasteiger partial charge in [-0.1, -0.05) is 121 Å². The number of rotatable bonds is 17. The maximum absolute atomic E-state index is 15.7. The fourth-order valence-electron chi connectivity index (χ4n) is 8.40. The van der Waals surface area contributed by atoms with Crippen molar-refractivity contribution in [3.8, 4) is 11.5 Å². The molecule has 59 heavy (non-hydrogen) atoms. The van der Waals surface area contributed by atoms with Gasteiger partial charge in [0.05, 0.1) is 16.1 Å². The maximum Gasteiger partial charge on any atom is 0.252 e. The molecule has 1 aliphatic carbocycles. The number of benzene rings is 5. The van der Waals surface area contributed by atoms with E-state index in [1.54, 1.807) is 0 Å². The number of likely N-dealkylation sites (N-methyl/N-ethyl adjacent to an activating group) is 1. The summed E-state index contributed by atoms with van der Waals surface area (Å²) in [5.74, 6) is 1.35. The Kier molecular flexibility index (Phi) is 14.2. The second-order valence-electron chi connectivity index (χ2n) is 16.1. The van der Waals surface area contributed by atoms with Crippen LogP contribution in [0.15, 0.2) is 121 Å². The van der Waals surface area contributed by atoms with Crippen LogP contribution >= 0.6 is 23.2 Å². The average Bonchev–Trinajstić information content (AvgIpc) is 4.09. The van der Waals surface area contributed by atoms with Crippen molar-refractivity contribution < 1.29 is 14.3 Å². The SMILES string of the molecule is CCN(Cc1ccccc1)C[C@H]1C(C(=O)N(Cc2cccc(C)c2C)C2CC2)=C(c2ccc(OCCOc3c(Cl)cc(C)cc3Cl)cc2)CCN1[C@@H](C)c1ccccc1. The number of halogens is 2. The van der Waals surface area contributed by atoms with E-state index >= 15 is 4.79 Å². The van der Waals surface area contributed by atoms with Crippen LogP contribution in [0.4, 0.5) is 0 Å². The molecule has 5 aromatic carbocycles. The van der Waals surface area contributed by atoms with Gasteiger partial charge >= 0.3 is 0 Å². The second-order valence-corrected chi connectivity index (χ2v) is 16.9. The highest BCUT2D eigenvalue weighted by molar-refractivity contribution is 6.37. The largest absolute Gasteiger partial charge is 0.490 e. The van der Waals surface area contributed by atoms with Crippen LogP contribution < -0.4 is 9.47 Å². The normalized spacial score (nSPS) is 16.3. The van der Waals surface area contributed by atoms with E-state index in [-0.39, 0.29) is 24.0 Å². The van der Waals surface area contributed by atoms with Crippen molar-refractivity contribution in [2.75, 3.05) is 32.8 Å². The molecule has 1 saturated carbocycles. The Balaban J connectivity index is 1.24. The fraction of sp³-hybridized carbons (Fsp3) is 0.353. The standard InChI is InChI=1S/C51H57Cl2N3O3/c1-6-54(32-39-15-9-7-10-16-39)34-48-49(51(57)56(43-22-23-43)33-42-19-13-14-36(3)37(42)4)45(26-27-55(48)38(5)40-17-11-8-12-18-40)41-20-24-44(25-21-41)58-28-29-59-50-46(52)30-35(2)31-47(50)53/h7-21,24-25,30-31,38,43,48H,6,22-23,26-29,32-34H2,1-5H3/t38-,48-/m0/s1. The van der Waals surface area contributed by atoms with Gasteiger partial charge in [0.1, 0.15) is 19.0 Å². The van der Waals surface area contributed by atoms with Crippen molar-refractivity contribution in [3.05, 3.63) is 170 Å². The van der Waals surface area contributed by atoms with Crippen LogP contribution in [0.5, 0.6) is 11.5 Å². The van der Waals surface area contributed by atoms with E-state index < -0.39 is 0 Å². The summed E-state index contributed by atoms with van der Waals surface area (Å²) in [5, 5.41) is 0.966. The average molecular weight is 831 g/mol. The summed E-state index contributed by atoms with van der Waals surface area (Å²) >= 11 is 12.8. The molecule has 0 spiro atoms. The molecule has 1 amide bonds. The molecule has 0 saturated heterocycles. The summed E-state index contributed by atoms with van der Waals surface area (Å²) in [6.07, 6.45) is 2.82. The molecule has 1 aliphatic heterocycles. The van der Waals surface area contributed by atoms with Gasteiger partial charge < -0.3 is 14.4 Å². The van der Waals surface area contributed by atoms with Crippen molar-refractivity contribution in [2.24, 2.45) is 0 Å². The van der Waals surface area contributed by atoms with Gasteiger partial charge in [0.25, 0.3) is 5.91 Å². The highest BCUT2D eigenvalue weighted by atomic mass is 35.5. The van der Waals surface area contributed by atoms with E-state index in [1.807, 2.05) is 31.2 Å². The Bertz CT molecular complexity index is 2200. The third-order valence-electron chi connectivity index (χ3n) is 12.1. The summed E-state index contributed by atoms with van der Waals surface area (Å²) in [5.41, 5.74) is 10.3. The molecular weight excluding hydrogens is 773 g/mol. The van der Waals surface area contributed by atoms with Crippen LogP contribution in [0.3, 0.4) is 0 Å². The molecule has 0 N–H and O–H groups in total. The Morgan fingerprint density at radius 2 is 1.47 bits per heavy atom. The van der Waals surface area contributed by atoms with E-state index in [1.165, 1.54) is 27.8 Å². The Morgan fingerprint density at radius 3 is 2.14 bits per heavy atom. The minimum atomic E-state index is -0.140. The highest BCUT2D eigenvalue weighted by Gasteiger charge is 2.42. The predicted octanol–water partition coefficient (Wildman–Crippen LogP) is 11.7. The Morgan fingerprint density at radius 1 is 0.814 bits per heavy atom. The molecule has 308 valence electrons. The fourth-order valence-corrected chi connectivity index (χ4v) is 9.10.